The van der Waals surface area contributed by atoms with Gasteiger partial charge in [0.05, 0.1) is 6.10 Å². The lowest BCUT2D eigenvalue weighted by Crippen LogP contribution is -2.75. The molecule has 0 saturated heterocycles. The molecular formula is C16H23BrClFN2O2. The van der Waals surface area contributed by atoms with Crippen molar-refractivity contribution in [2.24, 2.45) is 11.1 Å². The largest absolute Gasteiger partial charge is 0.378 e. The number of rotatable bonds is 5. The number of carbonyl (C=O) groups excluding carboxylic acids is 1. The van der Waals surface area contributed by atoms with Gasteiger partial charge in [0, 0.05) is 29.5 Å². The van der Waals surface area contributed by atoms with Crippen molar-refractivity contribution in [3.05, 3.63) is 34.1 Å². The molecule has 1 aliphatic carbocycles. The van der Waals surface area contributed by atoms with E-state index in [1.165, 1.54) is 12.1 Å². The predicted octanol–water partition coefficient (Wildman–Crippen LogP) is 3.16. The summed E-state index contributed by atoms with van der Waals surface area (Å²) in [5, 5.41) is 2.85. The van der Waals surface area contributed by atoms with Gasteiger partial charge in [-0.2, -0.15) is 0 Å². The van der Waals surface area contributed by atoms with Crippen LogP contribution >= 0.6 is 28.3 Å². The van der Waals surface area contributed by atoms with Gasteiger partial charge in [-0.15, -0.1) is 12.4 Å². The first-order valence-electron chi connectivity index (χ1n) is 7.35. The normalized spacial score (nSPS) is 25.2. The predicted molar refractivity (Wildman–Crippen MR) is 93.9 cm³/mol. The molecule has 1 aromatic carbocycles. The first-order chi connectivity index (χ1) is 10.2. The molecular weight excluding hydrogens is 387 g/mol. The van der Waals surface area contributed by atoms with Crippen molar-refractivity contribution < 1.29 is 13.9 Å². The fourth-order valence-electron chi connectivity index (χ4n) is 2.82. The summed E-state index contributed by atoms with van der Waals surface area (Å²) in [6.07, 6.45) is 0.496. The van der Waals surface area contributed by atoms with E-state index in [2.05, 4.69) is 21.2 Å². The molecule has 0 radical (unpaired) electrons. The number of hydrogen-bond donors (Lipinski definition) is 2. The molecule has 4 nitrogen and oxygen atoms in total. The van der Waals surface area contributed by atoms with E-state index in [1.807, 2.05) is 20.8 Å². The Morgan fingerprint density at radius 1 is 1.52 bits per heavy atom. The monoisotopic (exact) mass is 408 g/mol. The summed E-state index contributed by atoms with van der Waals surface area (Å²) in [6.45, 7) is 6.73. The Morgan fingerprint density at radius 3 is 2.70 bits per heavy atom. The highest BCUT2D eigenvalue weighted by Gasteiger charge is 2.62. The van der Waals surface area contributed by atoms with Crippen LogP contribution in [0.4, 0.5) is 4.39 Å². The van der Waals surface area contributed by atoms with E-state index in [-0.39, 0.29) is 30.2 Å². The van der Waals surface area contributed by atoms with Crippen LogP contribution in [0.5, 0.6) is 0 Å². The molecule has 0 spiro atoms. The average Bonchev–Trinajstić information content (AvgIpc) is 2.45. The van der Waals surface area contributed by atoms with Gasteiger partial charge in [0.1, 0.15) is 11.4 Å². The fourth-order valence-corrected chi connectivity index (χ4v) is 3.31. The molecule has 1 aliphatic rings. The Balaban J connectivity index is 0.00000264. The van der Waals surface area contributed by atoms with Crippen LogP contribution in [0, 0.1) is 11.2 Å². The van der Waals surface area contributed by atoms with Crippen LogP contribution < -0.4 is 11.1 Å². The molecule has 3 N–H and O–H groups in total. The van der Waals surface area contributed by atoms with Crippen LogP contribution in [0.1, 0.15) is 32.8 Å². The fraction of sp³-hybridized carbons (Fsp3) is 0.562. The third kappa shape index (κ3) is 3.71. The maximum Gasteiger partial charge on any atom is 0.241 e. The van der Waals surface area contributed by atoms with Crippen molar-refractivity contribution in [2.45, 2.75) is 45.4 Å². The van der Waals surface area contributed by atoms with Gasteiger partial charge in [-0.3, -0.25) is 4.79 Å². The molecule has 1 amide bonds. The van der Waals surface area contributed by atoms with Crippen LogP contribution in [-0.4, -0.2) is 24.2 Å². The third-order valence-electron chi connectivity index (χ3n) is 4.69. The summed E-state index contributed by atoms with van der Waals surface area (Å²) in [7, 11) is 0. The number of carbonyl (C=O) groups is 1. The molecule has 0 aromatic heterocycles. The minimum atomic E-state index is -0.945. The number of halogens is 3. The minimum Gasteiger partial charge on any atom is -0.378 e. The molecule has 2 unspecified atom stereocenters. The minimum absolute atomic E-state index is 0. The van der Waals surface area contributed by atoms with Crippen LogP contribution in [0.25, 0.3) is 0 Å². The van der Waals surface area contributed by atoms with Gasteiger partial charge in [0.2, 0.25) is 5.91 Å². The first-order valence-corrected chi connectivity index (χ1v) is 8.14. The standard InChI is InChI=1S/C16H22BrFN2O2.ClH/c1-4-22-13-8-16(19,15(13,2)3)14(21)20-9-10-5-6-11(18)7-12(10)17;/h5-7,13H,4,8-9,19H2,1-3H3,(H,20,21);1H. The Morgan fingerprint density at radius 2 is 2.17 bits per heavy atom. The molecule has 7 heteroatoms. The highest BCUT2D eigenvalue weighted by Crippen LogP contribution is 2.49. The Kier molecular flexibility index (Phi) is 6.61. The van der Waals surface area contributed by atoms with Gasteiger partial charge in [0.15, 0.2) is 0 Å². The second-order valence-corrected chi connectivity index (χ2v) is 7.11. The van der Waals surface area contributed by atoms with Gasteiger partial charge >= 0.3 is 0 Å². The van der Waals surface area contributed by atoms with Crippen LogP contribution in [0.2, 0.25) is 0 Å². The van der Waals surface area contributed by atoms with Gasteiger partial charge in [-0.25, -0.2) is 4.39 Å². The quantitative estimate of drug-likeness (QED) is 0.785. The van der Waals surface area contributed by atoms with E-state index in [1.54, 1.807) is 6.07 Å². The van der Waals surface area contributed by atoms with E-state index in [9.17, 15) is 9.18 Å². The smallest absolute Gasteiger partial charge is 0.241 e. The van der Waals surface area contributed by atoms with Crippen LogP contribution in [0.15, 0.2) is 22.7 Å². The topological polar surface area (TPSA) is 64.3 Å². The first kappa shape index (κ1) is 20.4. The summed E-state index contributed by atoms with van der Waals surface area (Å²) in [5.74, 6) is -0.526. The third-order valence-corrected chi connectivity index (χ3v) is 5.43. The maximum atomic E-state index is 13.1. The summed E-state index contributed by atoms with van der Waals surface area (Å²) < 4.78 is 19.3. The summed E-state index contributed by atoms with van der Waals surface area (Å²) in [6, 6.07) is 4.37. The number of benzene rings is 1. The van der Waals surface area contributed by atoms with Gasteiger partial charge < -0.3 is 15.8 Å². The van der Waals surface area contributed by atoms with E-state index in [0.717, 1.165) is 5.56 Å². The second-order valence-electron chi connectivity index (χ2n) is 6.26. The zero-order valence-corrected chi connectivity index (χ0v) is 15.9. The average molecular weight is 410 g/mol. The molecule has 1 fully saturated rings. The van der Waals surface area contributed by atoms with Crippen molar-refractivity contribution in [2.75, 3.05) is 6.61 Å². The zero-order valence-electron chi connectivity index (χ0n) is 13.5. The molecule has 2 rings (SSSR count). The van der Waals surface area contributed by atoms with E-state index in [4.69, 9.17) is 10.5 Å². The van der Waals surface area contributed by atoms with Crippen molar-refractivity contribution in [1.82, 2.24) is 5.32 Å². The molecule has 1 saturated carbocycles. The SMILES string of the molecule is CCOC1CC(N)(C(=O)NCc2ccc(F)cc2Br)C1(C)C.Cl. The number of ether oxygens (including phenoxy) is 1. The Bertz CT molecular complexity index is 585. The lowest BCUT2D eigenvalue weighted by atomic mass is 9.54. The van der Waals surface area contributed by atoms with E-state index >= 15 is 0 Å². The highest BCUT2D eigenvalue weighted by molar-refractivity contribution is 9.10. The van der Waals surface area contributed by atoms with Gasteiger partial charge in [-0.1, -0.05) is 35.8 Å². The Labute approximate surface area is 150 Å². The molecule has 23 heavy (non-hydrogen) atoms. The summed E-state index contributed by atoms with van der Waals surface area (Å²) in [4.78, 5) is 12.5. The number of nitrogens with two attached hydrogens (primary N) is 1. The number of amides is 1. The Hall–Kier alpha value is -0.690. The number of hydrogen-bond acceptors (Lipinski definition) is 3. The highest BCUT2D eigenvalue weighted by atomic mass is 79.9. The summed E-state index contributed by atoms with van der Waals surface area (Å²) >= 11 is 3.29. The van der Waals surface area contributed by atoms with E-state index < -0.39 is 11.0 Å². The molecule has 1 aromatic rings. The second kappa shape index (κ2) is 7.47. The summed E-state index contributed by atoms with van der Waals surface area (Å²) in [5.41, 5.74) is 5.74. The van der Waals surface area contributed by atoms with Gasteiger partial charge in [0.25, 0.3) is 0 Å². The van der Waals surface area contributed by atoms with Crippen LogP contribution in [-0.2, 0) is 16.1 Å². The molecule has 2 atom stereocenters. The van der Waals surface area contributed by atoms with Crippen molar-refractivity contribution >= 4 is 34.2 Å². The van der Waals surface area contributed by atoms with Crippen molar-refractivity contribution in [3.63, 3.8) is 0 Å². The van der Waals surface area contributed by atoms with Gasteiger partial charge in [-0.05, 0) is 24.6 Å². The van der Waals surface area contributed by atoms with Crippen molar-refractivity contribution in [3.8, 4) is 0 Å². The van der Waals surface area contributed by atoms with E-state index in [0.29, 0.717) is 24.0 Å². The lowest BCUT2D eigenvalue weighted by molar-refractivity contribution is -0.170. The zero-order chi connectivity index (χ0) is 16.5. The van der Waals surface area contributed by atoms with Crippen molar-refractivity contribution in [1.29, 1.82) is 0 Å². The maximum absolute atomic E-state index is 13.1. The number of nitrogens with one attached hydrogen (secondary N) is 1. The lowest BCUT2D eigenvalue weighted by Gasteiger charge is -2.57. The molecule has 0 bridgehead atoms. The van der Waals surface area contributed by atoms with Crippen LogP contribution in [0.3, 0.4) is 0 Å². The molecule has 0 heterocycles. The molecule has 0 aliphatic heterocycles. The molecule has 130 valence electrons.